The number of benzene rings is 1. The van der Waals surface area contributed by atoms with Crippen LogP contribution in [0, 0.1) is 5.92 Å². The van der Waals surface area contributed by atoms with Crippen molar-refractivity contribution in [3.05, 3.63) is 33.3 Å². The van der Waals surface area contributed by atoms with Crippen molar-refractivity contribution in [2.24, 2.45) is 5.92 Å². The zero-order chi connectivity index (χ0) is 12.3. The third-order valence-corrected chi connectivity index (χ3v) is 5.02. The zero-order valence-electron chi connectivity index (χ0n) is 9.42. The van der Waals surface area contributed by atoms with Gasteiger partial charge in [-0.3, -0.25) is 4.79 Å². The van der Waals surface area contributed by atoms with Gasteiger partial charge in [-0.1, -0.05) is 27.5 Å². The van der Waals surface area contributed by atoms with Crippen molar-refractivity contribution in [3.63, 3.8) is 0 Å². The molecule has 1 aromatic carbocycles. The molecule has 0 aromatic heterocycles. The SMILES string of the molecule is O=C(CC1CCSCC1)c1cc(Cl)ccc1Br. The minimum absolute atomic E-state index is 0.205. The fourth-order valence-electron chi connectivity index (χ4n) is 2.03. The second-order valence-corrected chi connectivity index (χ2v) is 6.82. The Bertz CT molecular complexity index is 416. The predicted molar refractivity (Wildman–Crippen MR) is 78.1 cm³/mol. The van der Waals surface area contributed by atoms with Crippen molar-refractivity contribution in [3.8, 4) is 0 Å². The molecule has 0 saturated carbocycles. The smallest absolute Gasteiger partial charge is 0.164 e. The van der Waals surface area contributed by atoms with Gasteiger partial charge < -0.3 is 0 Å². The van der Waals surface area contributed by atoms with Crippen LogP contribution in [0.4, 0.5) is 0 Å². The van der Waals surface area contributed by atoms with E-state index in [1.165, 1.54) is 11.5 Å². The van der Waals surface area contributed by atoms with Crippen LogP contribution >= 0.6 is 39.3 Å². The van der Waals surface area contributed by atoms with Gasteiger partial charge in [-0.05, 0) is 48.5 Å². The second-order valence-electron chi connectivity index (χ2n) is 4.31. The summed E-state index contributed by atoms with van der Waals surface area (Å²) in [5.41, 5.74) is 0.718. The Balaban J connectivity index is 2.05. The van der Waals surface area contributed by atoms with E-state index >= 15 is 0 Å². The van der Waals surface area contributed by atoms with E-state index < -0.39 is 0 Å². The van der Waals surface area contributed by atoms with Gasteiger partial charge in [-0.25, -0.2) is 0 Å². The summed E-state index contributed by atoms with van der Waals surface area (Å²) in [6, 6.07) is 5.39. The first kappa shape index (κ1) is 13.4. The van der Waals surface area contributed by atoms with E-state index in [-0.39, 0.29) is 5.78 Å². The highest BCUT2D eigenvalue weighted by atomic mass is 79.9. The molecule has 0 atom stereocenters. The van der Waals surface area contributed by atoms with Gasteiger partial charge in [-0.2, -0.15) is 11.8 Å². The number of ketones is 1. The lowest BCUT2D eigenvalue weighted by atomic mass is 9.93. The monoisotopic (exact) mass is 332 g/mol. The standard InChI is InChI=1S/C13H14BrClOS/c14-12-2-1-10(15)8-11(12)13(16)7-9-3-5-17-6-4-9/h1-2,8-9H,3-7H2. The number of Topliss-reactive ketones (excluding diaryl/α,β-unsaturated/α-hetero) is 1. The lowest BCUT2D eigenvalue weighted by molar-refractivity contribution is 0.0958. The lowest BCUT2D eigenvalue weighted by Gasteiger charge is -2.20. The third kappa shape index (κ3) is 3.73. The average Bonchev–Trinajstić information content (AvgIpc) is 2.33. The Morgan fingerprint density at radius 1 is 1.41 bits per heavy atom. The van der Waals surface area contributed by atoms with Crippen molar-refractivity contribution in [2.45, 2.75) is 19.3 Å². The van der Waals surface area contributed by atoms with Crippen molar-refractivity contribution in [1.29, 1.82) is 0 Å². The Morgan fingerprint density at radius 2 is 2.12 bits per heavy atom. The number of hydrogen-bond acceptors (Lipinski definition) is 2. The summed E-state index contributed by atoms with van der Waals surface area (Å²) in [6.45, 7) is 0. The number of carbonyl (C=O) groups is 1. The largest absolute Gasteiger partial charge is 0.294 e. The van der Waals surface area contributed by atoms with Crippen LogP contribution < -0.4 is 0 Å². The van der Waals surface area contributed by atoms with E-state index in [9.17, 15) is 4.79 Å². The molecule has 1 aliphatic rings. The van der Waals surface area contributed by atoms with Crippen molar-refractivity contribution < 1.29 is 4.79 Å². The number of thioether (sulfide) groups is 1. The predicted octanol–water partition coefficient (Wildman–Crippen LogP) is 4.82. The quantitative estimate of drug-likeness (QED) is 0.738. The van der Waals surface area contributed by atoms with Crippen molar-refractivity contribution in [2.75, 3.05) is 11.5 Å². The van der Waals surface area contributed by atoms with Crippen LogP contribution in [0.1, 0.15) is 29.6 Å². The minimum atomic E-state index is 0.205. The molecule has 0 spiro atoms. The first-order chi connectivity index (χ1) is 8.16. The van der Waals surface area contributed by atoms with Gasteiger partial charge >= 0.3 is 0 Å². The summed E-state index contributed by atoms with van der Waals surface area (Å²) in [4.78, 5) is 12.2. The number of halogens is 2. The molecule has 1 fully saturated rings. The Morgan fingerprint density at radius 3 is 2.82 bits per heavy atom. The Labute approximate surface area is 119 Å². The summed E-state index contributed by atoms with van der Waals surface area (Å²) in [6.07, 6.45) is 2.97. The summed E-state index contributed by atoms with van der Waals surface area (Å²) in [7, 11) is 0. The molecule has 0 N–H and O–H groups in total. The maximum absolute atomic E-state index is 12.2. The summed E-state index contributed by atoms with van der Waals surface area (Å²) < 4.78 is 0.845. The van der Waals surface area contributed by atoms with Gasteiger partial charge in [0.05, 0.1) is 0 Å². The van der Waals surface area contributed by atoms with Gasteiger partial charge in [0, 0.05) is 21.5 Å². The molecule has 0 amide bonds. The molecule has 0 aliphatic carbocycles. The van der Waals surface area contributed by atoms with E-state index in [2.05, 4.69) is 15.9 Å². The van der Waals surface area contributed by atoms with Crippen LogP contribution in [0.5, 0.6) is 0 Å². The van der Waals surface area contributed by atoms with Crippen LogP contribution in [-0.2, 0) is 0 Å². The molecule has 2 rings (SSSR count). The van der Waals surface area contributed by atoms with Gasteiger partial charge in [0.25, 0.3) is 0 Å². The summed E-state index contributed by atoms with van der Waals surface area (Å²) in [5.74, 6) is 3.13. The highest BCUT2D eigenvalue weighted by Crippen LogP contribution is 2.29. The average molecular weight is 334 g/mol. The molecule has 0 unspecified atom stereocenters. The van der Waals surface area contributed by atoms with Gasteiger partial charge in [0.15, 0.2) is 5.78 Å². The van der Waals surface area contributed by atoms with Crippen molar-refractivity contribution in [1.82, 2.24) is 0 Å². The topological polar surface area (TPSA) is 17.1 Å². The fraction of sp³-hybridized carbons (Fsp3) is 0.462. The summed E-state index contributed by atoms with van der Waals surface area (Å²) >= 11 is 11.3. The molecule has 1 aromatic rings. The number of hydrogen-bond donors (Lipinski definition) is 0. The molecule has 1 nitrogen and oxygen atoms in total. The van der Waals surface area contributed by atoms with E-state index in [1.807, 2.05) is 17.8 Å². The third-order valence-electron chi connectivity index (χ3n) is 3.04. The van der Waals surface area contributed by atoms with E-state index in [4.69, 9.17) is 11.6 Å². The molecule has 4 heteroatoms. The van der Waals surface area contributed by atoms with Gasteiger partial charge in [0.1, 0.15) is 0 Å². The van der Waals surface area contributed by atoms with E-state index in [1.54, 1.807) is 12.1 Å². The Hall–Kier alpha value is 0.01000. The fourth-order valence-corrected chi connectivity index (χ4v) is 3.88. The van der Waals surface area contributed by atoms with Crippen LogP contribution in [0.2, 0.25) is 5.02 Å². The normalized spacial score (nSPS) is 17.1. The van der Waals surface area contributed by atoms with E-state index in [0.717, 1.165) is 22.9 Å². The molecular weight excluding hydrogens is 320 g/mol. The zero-order valence-corrected chi connectivity index (χ0v) is 12.6. The van der Waals surface area contributed by atoms with Gasteiger partial charge in [-0.15, -0.1) is 0 Å². The maximum Gasteiger partial charge on any atom is 0.164 e. The molecule has 0 bridgehead atoms. The molecule has 0 radical (unpaired) electrons. The molecule has 1 saturated heterocycles. The summed E-state index contributed by atoms with van der Waals surface area (Å²) in [5, 5.41) is 0.621. The van der Waals surface area contributed by atoms with Crippen LogP contribution in [0.15, 0.2) is 22.7 Å². The highest BCUT2D eigenvalue weighted by Gasteiger charge is 2.19. The van der Waals surface area contributed by atoms with Crippen molar-refractivity contribution >= 4 is 45.1 Å². The second kappa shape index (κ2) is 6.26. The molecule has 92 valence electrons. The Kier molecular flexibility index (Phi) is 4.95. The molecule has 1 heterocycles. The first-order valence-corrected chi connectivity index (χ1v) is 8.05. The van der Waals surface area contributed by atoms with E-state index in [0.29, 0.717) is 17.4 Å². The highest BCUT2D eigenvalue weighted by molar-refractivity contribution is 9.10. The first-order valence-electron chi connectivity index (χ1n) is 5.73. The molecule has 1 aliphatic heterocycles. The van der Waals surface area contributed by atoms with Gasteiger partial charge in [0.2, 0.25) is 0 Å². The maximum atomic E-state index is 12.2. The van der Waals surface area contributed by atoms with Crippen LogP contribution in [0.25, 0.3) is 0 Å². The number of carbonyl (C=O) groups excluding carboxylic acids is 1. The lowest BCUT2D eigenvalue weighted by Crippen LogP contribution is -2.14. The van der Waals surface area contributed by atoms with Crippen LogP contribution in [-0.4, -0.2) is 17.3 Å². The van der Waals surface area contributed by atoms with Crippen LogP contribution in [0.3, 0.4) is 0 Å². The molecular formula is C13H14BrClOS. The molecule has 17 heavy (non-hydrogen) atoms. The number of rotatable bonds is 3. The minimum Gasteiger partial charge on any atom is -0.294 e.